The van der Waals surface area contributed by atoms with Gasteiger partial charge in [0.15, 0.2) is 0 Å². The molecule has 0 bridgehead atoms. The largest absolute Gasteiger partial charge is 0.301 e. The van der Waals surface area contributed by atoms with E-state index in [2.05, 4.69) is 6.07 Å². The average Bonchev–Trinajstić information content (AvgIpc) is 2.31. The summed E-state index contributed by atoms with van der Waals surface area (Å²) in [5, 5.41) is 9.02. The molecule has 2 nitrogen and oxygen atoms in total. The Labute approximate surface area is 107 Å². The lowest BCUT2D eigenvalue weighted by Gasteiger charge is -2.19. The van der Waals surface area contributed by atoms with E-state index in [9.17, 15) is 4.39 Å². The molecule has 1 rings (SSSR count). The molecule has 0 aliphatic rings. The minimum atomic E-state index is -0.401. The number of hydrogen-bond donors (Lipinski definition) is 0. The molecule has 1 aromatic carbocycles. The van der Waals surface area contributed by atoms with Crippen LogP contribution in [0, 0.1) is 23.1 Å². The van der Waals surface area contributed by atoms with E-state index >= 15 is 0 Å². The Morgan fingerprint density at radius 3 is 2.76 bits per heavy atom. The minimum Gasteiger partial charge on any atom is -0.301 e. The third kappa shape index (κ3) is 4.33. The number of rotatable bonds is 5. The zero-order valence-corrected chi connectivity index (χ0v) is 10.8. The minimum absolute atomic E-state index is 0.0379. The monoisotopic (exact) mass is 254 g/mol. The SMILES string of the molecule is CCC(C#N)CN(C)Cc1ccc(F)c(Cl)c1. The maximum absolute atomic E-state index is 13.0. The molecule has 0 N–H and O–H groups in total. The molecular formula is C13H16ClFN2. The molecule has 0 heterocycles. The highest BCUT2D eigenvalue weighted by molar-refractivity contribution is 6.30. The normalized spacial score (nSPS) is 12.5. The predicted molar refractivity (Wildman–Crippen MR) is 67.1 cm³/mol. The van der Waals surface area contributed by atoms with E-state index in [1.165, 1.54) is 6.07 Å². The van der Waals surface area contributed by atoms with E-state index < -0.39 is 5.82 Å². The van der Waals surface area contributed by atoms with E-state index in [1.807, 2.05) is 18.9 Å². The Hall–Kier alpha value is -1.11. The summed E-state index contributed by atoms with van der Waals surface area (Å²) in [4.78, 5) is 2.04. The van der Waals surface area contributed by atoms with Gasteiger partial charge in [0.05, 0.1) is 17.0 Å². The molecule has 0 spiro atoms. The zero-order chi connectivity index (χ0) is 12.8. The van der Waals surface area contributed by atoms with Gasteiger partial charge in [0, 0.05) is 13.1 Å². The summed E-state index contributed by atoms with van der Waals surface area (Å²) in [5.74, 6) is -0.363. The van der Waals surface area contributed by atoms with Crippen LogP contribution in [0.3, 0.4) is 0 Å². The summed E-state index contributed by atoms with van der Waals surface area (Å²) in [7, 11) is 1.94. The van der Waals surface area contributed by atoms with Crippen LogP contribution < -0.4 is 0 Å². The van der Waals surface area contributed by atoms with Crippen molar-refractivity contribution >= 4 is 11.6 Å². The number of halogens is 2. The van der Waals surface area contributed by atoms with Crippen molar-refractivity contribution in [3.8, 4) is 6.07 Å². The first kappa shape index (κ1) is 14.0. The van der Waals surface area contributed by atoms with Crippen molar-refractivity contribution < 1.29 is 4.39 Å². The van der Waals surface area contributed by atoms with Crippen LogP contribution in [0.4, 0.5) is 4.39 Å². The van der Waals surface area contributed by atoms with Crippen LogP contribution in [-0.2, 0) is 6.54 Å². The van der Waals surface area contributed by atoms with Crippen molar-refractivity contribution in [1.29, 1.82) is 5.26 Å². The summed E-state index contributed by atoms with van der Waals surface area (Å²) in [5.41, 5.74) is 0.951. The van der Waals surface area contributed by atoms with E-state index in [-0.39, 0.29) is 10.9 Å². The first-order valence-corrected chi connectivity index (χ1v) is 5.96. The van der Waals surface area contributed by atoms with Gasteiger partial charge < -0.3 is 4.90 Å². The lowest BCUT2D eigenvalue weighted by Crippen LogP contribution is -2.24. The predicted octanol–water partition coefficient (Wildman–Crippen LogP) is 3.46. The third-order valence-electron chi connectivity index (χ3n) is 2.64. The van der Waals surface area contributed by atoms with Gasteiger partial charge in [-0.25, -0.2) is 4.39 Å². The van der Waals surface area contributed by atoms with Gasteiger partial charge in [-0.15, -0.1) is 0 Å². The number of nitriles is 1. The van der Waals surface area contributed by atoms with Gasteiger partial charge in [-0.2, -0.15) is 5.26 Å². The van der Waals surface area contributed by atoms with Crippen LogP contribution in [0.1, 0.15) is 18.9 Å². The molecule has 0 amide bonds. The fraction of sp³-hybridized carbons (Fsp3) is 0.462. The Kier molecular flexibility index (Phi) is 5.40. The van der Waals surface area contributed by atoms with Crippen LogP contribution in [0.15, 0.2) is 18.2 Å². The van der Waals surface area contributed by atoms with Crippen LogP contribution in [0.25, 0.3) is 0 Å². The van der Waals surface area contributed by atoms with Gasteiger partial charge >= 0.3 is 0 Å². The van der Waals surface area contributed by atoms with Gasteiger partial charge in [0.1, 0.15) is 5.82 Å². The van der Waals surface area contributed by atoms with E-state index in [0.29, 0.717) is 13.1 Å². The van der Waals surface area contributed by atoms with Gasteiger partial charge in [-0.1, -0.05) is 24.6 Å². The fourth-order valence-electron chi connectivity index (χ4n) is 1.65. The van der Waals surface area contributed by atoms with Gasteiger partial charge in [0.25, 0.3) is 0 Å². The van der Waals surface area contributed by atoms with Crippen molar-refractivity contribution in [3.63, 3.8) is 0 Å². The topological polar surface area (TPSA) is 27.0 Å². The summed E-state index contributed by atoms with van der Waals surface area (Å²) in [6.07, 6.45) is 0.838. The maximum Gasteiger partial charge on any atom is 0.141 e. The van der Waals surface area contributed by atoms with Crippen molar-refractivity contribution in [3.05, 3.63) is 34.6 Å². The van der Waals surface area contributed by atoms with Gasteiger partial charge in [-0.05, 0) is 31.2 Å². The molecular weight excluding hydrogens is 239 g/mol. The zero-order valence-electron chi connectivity index (χ0n) is 10.1. The van der Waals surface area contributed by atoms with E-state index in [1.54, 1.807) is 12.1 Å². The highest BCUT2D eigenvalue weighted by Crippen LogP contribution is 2.17. The Bertz CT molecular complexity index is 414. The maximum atomic E-state index is 13.0. The summed E-state index contributed by atoms with van der Waals surface area (Å²) in [6.45, 7) is 3.37. The standard InChI is InChI=1S/C13H16ClFN2/c1-3-10(7-16)8-17(2)9-11-4-5-13(15)12(14)6-11/h4-6,10H,3,8-9H2,1-2H3. The number of nitrogens with zero attached hydrogens (tertiary/aromatic N) is 2. The molecule has 0 saturated carbocycles. The molecule has 0 fully saturated rings. The molecule has 1 atom stereocenters. The molecule has 1 unspecified atom stereocenters. The highest BCUT2D eigenvalue weighted by atomic mass is 35.5. The lowest BCUT2D eigenvalue weighted by molar-refractivity contribution is 0.292. The van der Waals surface area contributed by atoms with E-state index in [0.717, 1.165) is 12.0 Å². The molecule has 0 aliphatic heterocycles. The van der Waals surface area contributed by atoms with Crippen LogP contribution in [0.5, 0.6) is 0 Å². The molecule has 0 saturated heterocycles. The highest BCUT2D eigenvalue weighted by Gasteiger charge is 2.09. The summed E-state index contributed by atoms with van der Waals surface area (Å²) < 4.78 is 13.0. The first-order valence-electron chi connectivity index (χ1n) is 5.59. The lowest BCUT2D eigenvalue weighted by atomic mass is 10.1. The smallest absolute Gasteiger partial charge is 0.141 e. The fourth-order valence-corrected chi connectivity index (χ4v) is 1.85. The van der Waals surface area contributed by atoms with Crippen molar-refractivity contribution in [1.82, 2.24) is 4.90 Å². The first-order chi connectivity index (χ1) is 8.06. The molecule has 17 heavy (non-hydrogen) atoms. The Morgan fingerprint density at radius 2 is 2.24 bits per heavy atom. The average molecular weight is 255 g/mol. The molecule has 0 aliphatic carbocycles. The second kappa shape index (κ2) is 6.58. The van der Waals surface area contributed by atoms with Crippen molar-refractivity contribution in [2.24, 2.45) is 5.92 Å². The second-order valence-electron chi connectivity index (χ2n) is 4.18. The second-order valence-corrected chi connectivity index (χ2v) is 4.59. The van der Waals surface area contributed by atoms with Crippen LogP contribution >= 0.6 is 11.6 Å². The van der Waals surface area contributed by atoms with Crippen molar-refractivity contribution in [2.75, 3.05) is 13.6 Å². The van der Waals surface area contributed by atoms with Gasteiger partial charge in [-0.3, -0.25) is 0 Å². The number of benzene rings is 1. The number of hydrogen-bond acceptors (Lipinski definition) is 2. The van der Waals surface area contributed by atoms with Crippen LogP contribution in [0.2, 0.25) is 5.02 Å². The van der Waals surface area contributed by atoms with Gasteiger partial charge in [0.2, 0.25) is 0 Å². The molecule has 92 valence electrons. The molecule has 0 aromatic heterocycles. The summed E-state index contributed by atoms with van der Waals surface area (Å²) in [6, 6.07) is 6.97. The molecule has 1 aromatic rings. The Morgan fingerprint density at radius 1 is 1.53 bits per heavy atom. The van der Waals surface area contributed by atoms with Crippen molar-refractivity contribution in [2.45, 2.75) is 19.9 Å². The summed E-state index contributed by atoms with van der Waals surface area (Å²) >= 11 is 5.71. The molecule has 4 heteroatoms. The quantitative estimate of drug-likeness (QED) is 0.805. The van der Waals surface area contributed by atoms with Crippen LogP contribution in [-0.4, -0.2) is 18.5 Å². The van der Waals surface area contributed by atoms with E-state index in [4.69, 9.17) is 16.9 Å². The molecule has 0 radical (unpaired) electrons. The Balaban J connectivity index is 2.59. The third-order valence-corrected chi connectivity index (χ3v) is 2.93.